The summed E-state index contributed by atoms with van der Waals surface area (Å²) in [4.78, 5) is 16.9. The molecule has 1 amide bonds. The Morgan fingerprint density at radius 1 is 1.44 bits per heavy atom. The van der Waals surface area contributed by atoms with Crippen molar-refractivity contribution in [2.45, 2.75) is 6.54 Å². The molecule has 0 aliphatic rings. The van der Waals surface area contributed by atoms with Gasteiger partial charge in [-0.15, -0.1) is 0 Å². The maximum atomic E-state index is 12.9. The first-order valence-electron chi connectivity index (χ1n) is 5.18. The van der Waals surface area contributed by atoms with E-state index in [0.29, 0.717) is 17.0 Å². The van der Waals surface area contributed by atoms with Gasteiger partial charge in [0.1, 0.15) is 11.5 Å². The van der Waals surface area contributed by atoms with Crippen LogP contribution in [0.5, 0.6) is 0 Å². The van der Waals surface area contributed by atoms with E-state index >= 15 is 0 Å². The van der Waals surface area contributed by atoms with Crippen LogP contribution in [0.15, 0.2) is 39.4 Å². The number of furan rings is 1. The molecule has 2 aromatic heterocycles. The Morgan fingerprint density at radius 2 is 2.22 bits per heavy atom. The van der Waals surface area contributed by atoms with E-state index in [1.807, 2.05) is 0 Å². The second kappa shape index (κ2) is 5.30. The largest absolute Gasteiger partial charge is 0.452 e. The molecule has 0 aliphatic heterocycles. The maximum Gasteiger partial charge on any atom is 0.272 e. The van der Waals surface area contributed by atoms with Crippen LogP contribution in [0.4, 0.5) is 4.39 Å². The quantitative estimate of drug-likeness (QED) is 0.819. The van der Waals surface area contributed by atoms with E-state index in [4.69, 9.17) is 4.42 Å². The number of hydrogen-bond acceptors (Lipinski definition) is 3. The summed E-state index contributed by atoms with van der Waals surface area (Å²) in [5.74, 6) is -0.397. The molecule has 0 spiro atoms. The number of carbonyl (C=O) groups is 1. The van der Waals surface area contributed by atoms with Crippen LogP contribution >= 0.6 is 15.9 Å². The molecule has 2 heterocycles. The first kappa shape index (κ1) is 12.8. The lowest BCUT2D eigenvalue weighted by Gasteiger charge is -2.14. The number of amides is 1. The summed E-state index contributed by atoms with van der Waals surface area (Å²) in [7, 11) is 1.60. The van der Waals surface area contributed by atoms with Gasteiger partial charge in [0.2, 0.25) is 5.95 Å². The minimum absolute atomic E-state index is 0.0723. The molecule has 6 heteroatoms. The van der Waals surface area contributed by atoms with Crippen LogP contribution in [0, 0.1) is 5.95 Å². The molecule has 4 nitrogen and oxygen atoms in total. The molecule has 0 radical (unpaired) electrons. The first-order valence-corrected chi connectivity index (χ1v) is 5.98. The number of halogens is 2. The molecule has 94 valence electrons. The molecule has 0 saturated heterocycles. The van der Waals surface area contributed by atoms with Crippen LogP contribution in [0.2, 0.25) is 0 Å². The van der Waals surface area contributed by atoms with Gasteiger partial charge in [-0.25, -0.2) is 4.98 Å². The number of hydrogen-bond donors (Lipinski definition) is 0. The first-order chi connectivity index (χ1) is 8.56. The zero-order chi connectivity index (χ0) is 13.1. The highest BCUT2D eigenvalue weighted by atomic mass is 79.9. The van der Waals surface area contributed by atoms with Gasteiger partial charge in [0.15, 0.2) is 4.67 Å². The van der Waals surface area contributed by atoms with Crippen molar-refractivity contribution in [1.82, 2.24) is 9.88 Å². The maximum absolute atomic E-state index is 12.9. The Morgan fingerprint density at radius 3 is 2.83 bits per heavy atom. The second-order valence-corrected chi connectivity index (χ2v) is 4.49. The lowest BCUT2D eigenvalue weighted by molar-refractivity contribution is 0.0768. The monoisotopic (exact) mass is 312 g/mol. The van der Waals surface area contributed by atoms with Crippen molar-refractivity contribution in [3.05, 3.63) is 52.4 Å². The van der Waals surface area contributed by atoms with Crippen LogP contribution in [0.25, 0.3) is 0 Å². The number of carbonyl (C=O) groups excluding carboxylic acids is 1. The molecule has 0 saturated carbocycles. The van der Waals surface area contributed by atoms with Gasteiger partial charge in [0, 0.05) is 7.05 Å². The molecule has 0 fully saturated rings. The third kappa shape index (κ3) is 2.95. The fourth-order valence-electron chi connectivity index (χ4n) is 1.47. The Balaban J connectivity index is 2.09. The average molecular weight is 313 g/mol. The molecule has 0 aliphatic carbocycles. The van der Waals surface area contributed by atoms with Crippen molar-refractivity contribution >= 4 is 21.8 Å². The van der Waals surface area contributed by atoms with E-state index in [-0.39, 0.29) is 11.6 Å². The highest BCUT2D eigenvalue weighted by Crippen LogP contribution is 2.16. The standard InChI is InChI=1S/C12H10BrFN2O2/c1-16(7-8-5-6-10(13)18-8)12(17)9-3-2-4-11(14)15-9/h2-6H,7H2,1H3. The summed E-state index contributed by atoms with van der Waals surface area (Å²) in [6.07, 6.45) is 0. The number of pyridine rings is 1. The molecule has 2 aromatic rings. The summed E-state index contributed by atoms with van der Waals surface area (Å²) < 4.78 is 18.8. The minimum Gasteiger partial charge on any atom is -0.452 e. The SMILES string of the molecule is CN(Cc1ccc(Br)o1)C(=O)c1cccc(F)n1. The van der Waals surface area contributed by atoms with Crippen LogP contribution < -0.4 is 0 Å². The number of aromatic nitrogens is 1. The van der Waals surface area contributed by atoms with Crippen LogP contribution in [-0.4, -0.2) is 22.8 Å². The van der Waals surface area contributed by atoms with Crippen molar-refractivity contribution in [3.8, 4) is 0 Å². The molecular weight excluding hydrogens is 303 g/mol. The van der Waals surface area contributed by atoms with Gasteiger partial charge in [-0.1, -0.05) is 6.07 Å². The second-order valence-electron chi connectivity index (χ2n) is 3.71. The zero-order valence-corrected chi connectivity index (χ0v) is 11.1. The molecule has 0 bridgehead atoms. The highest BCUT2D eigenvalue weighted by Gasteiger charge is 2.15. The smallest absolute Gasteiger partial charge is 0.272 e. The third-order valence-electron chi connectivity index (χ3n) is 2.30. The fourth-order valence-corrected chi connectivity index (χ4v) is 1.81. The van der Waals surface area contributed by atoms with Crippen molar-refractivity contribution in [1.29, 1.82) is 0 Å². The highest BCUT2D eigenvalue weighted by molar-refractivity contribution is 9.10. The Hall–Kier alpha value is -1.69. The van der Waals surface area contributed by atoms with E-state index in [1.54, 1.807) is 19.2 Å². The van der Waals surface area contributed by atoms with Gasteiger partial charge in [0.25, 0.3) is 5.91 Å². The van der Waals surface area contributed by atoms with E-state index in [9.17, 15) is 9.18 Å². The Bertz CT molecular complexity index is 571. The topological polar surface area (TPSA) is 46.3 Å². The summed E-state index contributed by atoms with van der Waals surface area (Å²) in [6, 6.07) is 7.62. The Labute approximate surface area is 112 Å². The summed E-state index contributed by atoms with van der Waals surface area (Å²) in [5, 5.41) is 0. The predicted molar refractivity (Wildman–Crippen MR) is 66.4 cm³/mol. The summed E-state index contributed by atoms with van der Waals surface area (Å²) in [5.41, 5.74) is 0.0723. The van der Waals surface area contributed by atoms with Crippen molar-refractivity contribution in [3.63, 3.8) is 0 Å². The van der Waals surface area contributed by atoms with Crippen LogP contribution in [0.3, 0.4) is 0 Å². The van der Waals surface area contributed by atoms with Gasteiger partial charge in [-0.05, 0) is 40.2 Å². The predicted octanol–water partition coefficient (Wildman–Crippen LogP) is 2.85. The van der Waals surface area contributed by atoms with Gasteiger partial charge < -0.3 is 9.32 Å². The average Bonchev–Trinajstić information content (AvgIpc) is 2.73. The third-order valence-corrected chi connectivity index (χ3v) is 2.73. The van der Waals surface area contributed by atoms with Crippen molar-refractivity contribution < 1.29 is 13.6 Å². The zero-order valence-electron chi connectivity index (χ0n) is 9.56. The van der Waals surface area contributed by atoms with E-state index in [2.05, 4.69) is 20.9 Å². The molecule has 18 heavy (non-hydrogen) atoms. The lowest BCUT2D eigenvalue weighted by Crippen LogP contribution is -2.27. The number of nitrogens with zero attached hydrogens (tertiary/aromatic N) is 2. The number of rotatable bonds is 3. The van der Waals surface area contributed by atoms with Crippen LogP contribution in [-0.2, 0) is 6.54 Å². The van der Waals surface area contributed by atoms with E-state index in [1.165, 1.54) is 23.1 Å². The molecule has 0 atom stereocenters. The van der Waals surface area contributed by atoms with E-state index < -0.39 is 5.95 Å². The fraction of sp³-hybridized carbons (Fsp3) is 0.167. The van der Waals surface area contributed by atoms with Gasteiger partial charge in [0.05, 0.1) is 6.54 Å². The summed E-state index contributed by atoms with van der Waals surface area (Å²) >= 11 is 3.18. The minimum atomic E-state index is -0.671. The summed E-state index contributed by atoms with van der Waals surface area (Å²) in [6.45, 7) is 0.294. The van der Waals surface area contributed by atoms with Crippen LogP contribution in [0.1, 0.15) is 16.2 Å². The van der Waals surface area contributed by atoms with Gasteiger partial charge >= 0.3 is 0 Å². The van der Waals surface area contributed by atoms with E-state index in [0.717, 1.165) is 0 Å². The normalized spacial score (nSPS) is 10.4. The Kier molecular flexibility index (Phi) is 3.76. The van der Waals surface area contributed by atoms with Gasteiger partial charge in [-0.3, -0.25) is 4.79 Å². The molecule has 0 unspecified atom stereocenters. The molecule has 0 N–H and O–H groups in total. The molecule has 2 rings (SSSR count). The lowest BCUT2D eigenvalue weighted by atomic mass is 10.3. The van der Waals surface area contributed by atoms with Crippen molar-refractivity contribution in [2.75, 3.05) is 7.05 Å². The van der Waals surface area contributed by atoms with Crippen molar-refractivity contribution in [2.24, 2.45) is 0 Å². The van der Waals surface area contributed by atoms with Gasteiger partial charge in [-0.2, -0.15) is 4.39 Å². The molecular formula is C12H10BrFN2O2. The molecule has 0 aromatic carbocycles.